The zero-order valence-corrected chi connectivity index (χ0v) is 21.1. The predicted molar refractivity (Wildman–Crippen MR) is 101 cm³/mol. The van der Waals surface area contributed by atoms with Gasteiger partial charge in [0.2, 0.25) is 0 Å². The van der Waals surface area contributed by atoms with E-state index in [0.29, 0.717) is 12.8 Å². The molecule has 2 aliphatic carbocycles. The third-order valence-corrected chi connectivity index (χ3v) is 3.91. The number of carbonyl (C=O) groups excluding carboxylic acids is 2. The number of rotatable bonds is 4. The molecule has 0 aromatic heterocycles. The summed E-state index contributed by atoms with van der Waals surface area (Å²) in [7, 11) is 0. The molecular weight excluding hydrogens is 442 g/mol. The molecule has 0 spiro atoms. The summed E-state index contributed by atoms with van der Waals surface area (Å²) < 4.78 is 0. The molecule has 0 saturated heterocycles. The minimum atomic E-state index is -0.961. The van der Waals surface area contributed by atoms with Crippen molar-refractivity contribution in [2.45, 2.75) is 117 Å². The van der Waals surface area contributed by atoms with E-state index < -0.39 is 11.9 Å². The first-order valence-corrected chi connectivity index (χ1v) is 9.94. The fraction of sp³-hybridized carbons (Fsp3) is 0.900. The van der Waals surface area contributed by atoms with Gasteiger partial charge in [0.05, 0.1) is 0 Å². The molecule has 0 radical (unpaired) electrons. The van der Waals surface area contributed by atoms with Crippen molar-refractivity contribution in [3.8, 4) is 0 Å². The summed E-state index contributed by atoms with van der Waals surface area (Å²) >= 11 is 0. The zero-order valence-electron chi connectivity index (χ0n) is 16.7. The van der Waals surface area contributed by atoms with Gasteiger partial charge >= 0.3 is 48.9 Å². The summed E-state index contributed by atoms with van der Waals surface area (Å²) in [6.45, 7) is 3.60. The van der Waals surface area contributed by atoms with Crippen molar-refractivity contribution in [2.24, 2.45) is 0 Å². The molecule has 0 aromatic carbocycles. The van der Waals surface area contributed by atoms with Gasteiger partial charge in [-0.3, -0.25) is 0 Å². The van der Waals surface area contributed by atoms with Crippen LogP contribution >= 0.6 is 0 Å². The molecular formula is C20H38BaO4. The molecule has 2 rings (SSSR count). The first kappa shape index (κ1) is 30.2. The Kier molecular flexibility index (Phi) is 32.3. The zero-order chi connectivity index (χ0) is 18.5. The minimum absolute atomic E-state index is 0. The summed E-state index contributed by atoms with van der Waals surface area (Å²) in [6.07, 6.45) is 19.7. The second-order valence-corrected chi connectivity index (χ2v) is 6.49. The van der Waals surface area contributed by atoms with Gasteiger partial charge in [-0.25, -0.2) is 0 Å². The minimum Gasteiger partial charge on any atom is -0.550 e. The largest absolute Gasteiger partial charge is 2.00 e. The van der Waals surface area contributed by atoms with Crippen molar-refractivity contribution in [1.82, 2.24) is 0 Å². The average molecular weight is 480 g/mol. The van der Waals surface area contributed by atoms with E-state index >= 15 is 0 Å². The number of carbonyl (C=O) groups is 2. The van der Waals surface area contributed by atoms with Crippen LogP contribution in [0.3, 0.4) is 0 Å². The first-order chi connectivity index (χ1) is 11.5. The average Bonchev–Trinajstić information content (AvgIpc) is 2.59. The molecule has 0 aromatic rings. The Labute approximate surface area is 195 Å². The fourth-order valence-corrected chi connectivity index (χ4v) is 2.53. The van der Waals surface area contributed by atoms with Gasteiger partial charge in [0.15, 0.2) is 0 Å². The number of aliphatic carboxylic acids is 2. The van der Waals surface area contributed by atoms with E-state index in [1.54, 1.807) is 13.8 Å². The summed E-state index contributed by atoms with van der Waals surface area (Å²) in [4.78, 5) is 19.0. The fourth-order valence-electron chi connectivity index (χ4n) is 2.53. The Balaban J connectivity index is -0.000000255. The van der Waals surface area contributed by atoms with E-state index in [4.69, 9.17) is 0 Å². The summed E-state index contributed by atoms with van der Waals surface area (Å²) in [5, 5.41) is 19.0. The van der Waals surface area contributed by atoms with Crippen LogP contribution in [0.1, 0.15) is 117 Å². The molecule has 25 heavy (non-hydrogen) atoms. The molecule has 0 bridgehead atoms. The van der Waals surface area contributed by atoms with Crippen LogP contribution in [0.15, 0.2) is 0 Å². The topological polar surface area (TPSA) is 80.3 Å². The van der Waals surface area contributed by atoms with Crippen LogP contribution in [0, 0.1) is 0 Å². The molecule has 0 aliphatic heterocycles. The standard InChI is InChI=1S/2C6H12.2C4H8O2.Ba/c2*1-2-4-6-5-3-1;2*1-2-3-4(5)6;/h2*1-6H2;2*2-3H2,1H3,(H,5,6);/q;;;;+2/p-2. The van der Waals surface area contributed by atoms with Crippen LogP contribution in [-0.2, 0) is 9.59 Å². The van der Waals surface area contributed by atoms with E-state index in [-0.39, 0.29) is 61.7 Å². The summed E-state index contributed by atoms with van der Waals surface area (Å²) in [5.41, 5.74) is 0. The Morgan fingerprint density at radius 3 is 0.760 bits per heavy atom. The van der Waals surface area contributed by atoms with Crippen molar-refractivity contribution in [3.63, 3.8) is 0 Å². The maximum atomic E-state index is 9.49. The molecule has 0 unspecified atom stereocenters. The maximum Gasteiger partial charge on any atom is 2.00 e. The van der Waals surface area contributed by atoms with E-state index in [9.17, 15) is 19.8 Å². The van der Waals surface area contributed by atoms with E-state index in [2.05, 4.69) is 0 Å². The van der Waals surface area contributed by atoms with Crippen LogP contribution in [0.2, 0.25) is 0 Å². The Morgan fingerprint density at radius 1 is 0.560 bits per heavy atom. The normalized spacial score (nSPS) is 15.4. The Morgan fingerprint density at radius 2 is 0.720 bits per heavy atom. The van der Waals surface area contributed by atoms with Gasteiger partial charge in [-0.2, -0.15) is 0 Å². The molecule has 0 N–H and O–H groups in total. The molecule has 5 heteroatoms. The molecule has 2 aliphatic rings. The van der Waals surface area contributed by atoms with Crippen molar-refractivity contribution in [3.05, 3.63) is 0 Å². The number of carboxylic acids is 2. The first-order valence-electron chi connectivity index (χ1n) is 9.94. The van der Waals surface area contributed by atoms with Crippen molar-refractivity contribution in [1.29, 1.82) is 0 Å². The molecule has 4 nitrogen and oxygen atoms in total. The van der Waals surface area contributed by atoms with Crippen LogP contribution in [0.25, 0.3) is 0 Å². The van der Waals surface area contributed by atoms with Crippen LogP contribution < -0.4 is 10.2 Å². The van der Waals surface area contributed by atoms with Gasteiger partial charge in [0, 0.05) is 11.9 Å². The monoisotopic (exact) mass is 480 g/mol. The molecule has 2 fully saturated rings. The molecule has 0 amide bonds. The summed E-state index contributed by atoms with van der Waals surface area (Å²) in [5.74, 6) is -1.92. The van der Waals surface area contributed by atoms with Gasteiger partial charge in [0.25, 0.3) is 0 Å². The third-order valence-electron chi connectivity index (χ3n) is 3.91. The van der Waals surface area contributed by atoms with Crippen molar-refractivity contribution in [2.75, 3.05) is 0 Å². The number of carboxylic acid groups (broad SMARTS) is 2. The number of hydrogen-bond acceptors (Lipinski definition) is 4. The second kappa shape index (κ2) is 26.7. The Bertz CT molecular complexity index is 224. The van der Waals surface area contributed by atoms with Gasteiger partial charge < -0.3 is 19.8 Å². The van der Waals surface area contributed by atoms with Crippen molar-refractivity contribution < 1.29 is 19.8 Å². The van der Waals surface area contributed by atoms with Gasteiger partial charge in [-0.1, -0.05) is 104 Å². The van der Waals surface area contributed by atoms with Gasteiger partial charge in [0.1, 0.15) is 0 Å². The van der Waals surface area contributed by atoms with Crippen LogP contribution in [-0.4, -0.2) is 60.8 Å². The Hall–Kier alpha value is 0.511. The maximum absolute atomic E-state index is 9.49. The van der Waals surface area contributed by atoms with E-state index in [1.807, 2.05) is 0 Å². The van der Waals surface area contributed by atoms with Gasteiger partial charge in [-0.05, 0) is 12.8 Å². The van der Waals surface area contributed by atoms with E-state index in [0.717, 1.165) is 0 Å². The number of hydrogen-bond donors (Lipinski definition) is 0. The predicted octanol–water partition coefficient (Wildman–Crippen LogP) is 3.37. The van der Waals surface area contributed by atoms with Crippen molar-refractivity contribution >= 4 is 60.8 Å². The van der Waals surface area contributed by atoms with Gasteiger partial charge in [-0.15, -0.1) is 0 Å². The molecule has 144 valence electrons. The van der Waals surface area contributed by atoms with Crippen LogP contribution in [0.5, 0.6) is 0 Å². The molecule has 0 heterocycles. The quantitative estimate of drug-likeness (QED) is 0.579. The smallest absolute Gasteiger partial charge is 0.550 e. The van der Waals surface area contributed by atoms with E-state index in [1.165, 1.54) is 77.0 Å². The molecule has 0 atom stereocenters. The molecule has 2 saturated carbocycles. The third kappa shape index (κ3) is 36.2. The SMILES string of the molecule is C1CCCCC1.C1CCCCC1.CCCC(=O)[O-].CCCC(=O)[O-].[Ba+2]. The van der Waals surface area contributed by atoms with Crippen LogP contribution in [0.4, 0.5) is 0 Å². The second-order valence-electron chi connectivity index (χ2n) is 6.49. The summed E-state index contributed by atoms with van der Waals surface area (Å²) in [6, 6.07) is 0.